The molecular weight excluding hydrogens is 1310 g/mol. The number of amides is 11. The SMILES string of the molecule is CC(=O)N[C@H](Cc1ccc2ccccc2c1)C(=O)N[C@H](Cc1ccc(Cl)cc1)C(=O)N[C@@H]1CCC(=O)NCCCC[C@@H](C(=O)N2CCC[C@H]2C(=O)N[C@H](C)C(=O)O)NC(=O)[C@H](CC(C)C)NC(=O)[C@@H](Cc2ccc3ccccc3c2)NC(=O)[C@H](CCCN=C(N)N)NC(=O)[C@H](CO)NC1=O. The van der Waals surface area contributed by atoms with Gasteiger partial charge < -0.3 is 79.7 Å². The Hall–Kier alpha value is -10.2. The van der Waals surface area contributed by atoms with Crippen molar-refractivity contribution in [3.05, 3.63) is 131 Å². The second-order valence-electron chi connectivity index (χ2n) is 25.7. The number of nitrogens with zero attached hydrogens (tertiary/aromatic N) is 2. The van der Waals surface area contributed by atoms with Crippen LogP contribution in [0.25, 0.3) is 21.5 Å². The minimum atomic E-state index is -1.84. The number of rotatable bonds is 22. The largest absolute Gasteiger partial charge is 0.480 e. The molecule has 0 bridgehead atoms. The van der Waals surface area contributed by atoms with Crippen molar-refractivity contribution in [3.63, 3.8) is 0 Å². The molecule has 10 atom stereocenters. The molecule has 29 heteroatoms. The molecule has 0 saturated carbocycles. The van der Waals surface area contributed by atoms with E-state index in [1.807, 2.05) is 78.9 Å². The zero-order chi connectivity index (χ0) is 72.6. The van der Waals surface area contributed by atoms with Crippen LogP contribution in [-0.4, -0.2) is 179 Å². The van der Waals surface area contributed by atoms with E-state index in [-0.39, 0.29) is 95.7 Å². The van der Waals surface area contributed by atoms with E-state index in [9.17, 15) is 63.0 Å². The standard InChI is InChI=1S/C71H91ClN14O14/c1-40(2)33-54-63(92)81-53(69(98)86-32-12-19-59(86)68(97)77-41(3)70(99)100)17-9-10-30-75-60(89)29-28-52(80-65(94)56(36-43-22-26-50(72)27-23-43)84-64(93)55(78-42(4)88)37-44-20-24-46-13-5-7-15-48(46)34-44)62(91)85-58(39-87)67(96)79-51(18-11-31-76-71(73)74)61(90)83-57(66(95)82-54)38-45-21-25-47-14-6-8-16-49(47)35-45/h5-8,13-16,20-27,34-35,40-41,51-59,87H,9-12,17-19,28-33,36-39H2,1-4H3,(H,75,89)(H,77,97)(H,78,88)(H,79,96)(H,80,94)(H,81,92)(H,82,95)(H,83,90)(H,84,93)(H,85,91)(H,99,100)(H4,73,74,76)/t41-,51+,52-,53+,54+,55-,56-,57-,58+,59+/m1/s1. The Balaban J connectivity index is 1.23. The summed E-state index contributed by atoms with van der Waals surface area (Å²) in [6, 6.07) is 18.0. The van der Waals surface area contributed by atoms with E-state index < -0.39 is 151 Å². The summed E-state index contributed by atoms with van der Waals surface area (Å²) < 4.78 is 0. The summed E-state index contributed by atoms with van der Waals surface area (Å²) in [6.07, 6.45) is -0.509. The molecule has 100 heavy (non-hydrogen) atoms. The molecule has 7 rings (SSSR count). The predicted molar refractivity (Wildman–Crippen MR) is 374 cm³/mol. The molecule has 0 aliphatic carbocycles. The van der Waals surface area contributed by atoms with Crippen molar-refractivity contribution in [1.29, 1.82) is 0 Å². The number of likely N-dealkylation sites (tertiary alicyclic amines) is 1. The van der Waals surface area contributed by atoms with Gasteiger partial charge in [-0.3, -0.25) is 62.5 Å². The first kappa shape index (κ1) is 77.1. The number of carbonyl (C=O) groups is 12. The van der Waals surface area contributed by atoms with E-state index in [1.54, 1.807) is 44.2 Å². The lowest BCUT2D eigenvalue weighted by Gasteiger charge is -2.31. The second-order valence-corrected chi connectivity index (χ2v) is 26.1. The van der Waals surface area contributed by atoms with Gasteiger partial charge in [0.05, 0.1) is 6.61 Å². The van der Waals surface area contributed by atoms with Crippen molar-refractivity contribution in [1.82, 2.24) is 58.1 Å². The van der Waals surface area contributed by atoms with Crippen LogP contribution in [0, 0.1) is 5.92 Å². The number of halogens is 1. The number of hydrogen-bond donors (Lipinski definition) is 14. The van der Waals surface area contributed by atoms with E-state index in [2.05, 4.69) is 58.2 Å². The molecule has 2 aliphatic rings. The average Bonchev–Trinajstić information content (AvgIpc) is 1.45. The van der Waals surface area contributed by atoms with Crippen molar-refractivity contribution in [2.45, 2.75) is 172 Å². The molecule has 536 valence electrons. The zero-order valence-corrected chi connectivity index (χ0v) is 57.2. The number of carbonyl (C=O) groups excluding carboxylic acids is 11. The van der Waals surface area contributed by atoms with Crippen LogP contribution in [0.3, 0.4) is 0 Å². The first-order chi connectivity index (χ1) is 47.7. The number of benzene rings is 5. The fraction of sp³-hybridized carbons (Fsp3) is 0.451. The van der Waals surface area contributed by atoms with Gasteiger partial charge in [0.2, 0.25) is 65.0 Å². The molecule has 28 nitrogen and oxygen atoms in total. The number of aliphatic imine (C=N–C) groups is 1. The van der Waals surface area contributed by atoms with Gasteiger partial charge in [0.1, 0.15) is 60.4 Å². The van der Waals surface area contributed by atoms with Crippen LogP contribution in [-0.2, 0) is 76.8 Å². The average molecular weight is 1400 g/mol. The molecule has 11 amide bonds. The molecule has 0 spiro atoms. The molecule has 5 aromatic rings. The number of guanidine groups is 1. The lowest BCUT2D eigenvalue weighted by Crippen LogP contribution is -2.61. The molecule has 2 saturated heterocycles. The number of hydrogen-bond acceptors (Lipinski definition) is 14. The third-order valence-electron chi connectivity index (χ3n) is 17.3. The van der Waals surface area contributed by atoms with Crippen molar-refractivity contribution >= 4 is 110 Å². The van der Waals surface area contributed by atoms with E-state index >= 15 is 4.79 Å². The Kier molecular flexibility index (Phi) is 29.0. The maximum atomic E-state index is 15.0. The summed E-state index contributed by atoms with van der Waals surface area (Å²) in [5, 5.41) is 51.0. The van der Waals surface area contributed by atoms with Crippen LogP contribution in [0.4, 0.5) is 0 Å². The number of nitrogens with two attached hydrogens (primary N) is 2. The van der Waals surface area contributed by atoms with Gasteiger partial charge >= 0.3 is 5.97 Å². The molecule has 2 fully saturated rings. The highest BCUT2D eigenvalue weighted by Gasteiger charge is 2.40. The Bertz CT molecular complexity index is 3790. The molecule has 5 aromatic carbocycles. The van der Waals surface area contributed by atoms with Crippen molar-refractivity contribution < 1.29 is 67.7 Å². The number of aliphatic hydroxyl groups is 1. The van der Waals surface area contributed by atoms with Crippen LogP contribution < -0.4 is 64.6 Å². The lowest BCUT2D eigenvalue weighted by molar-refractivity contribution is -0.144. The first-order valence-corrected chi connectivity index (χ1v) is 34.0. The zero-order valence-electron chi connectivity index (χ0n) is 56.5. The summed E-state index contributed by atoms with van der Waals surface area (Å²) >= 11 is 6.24. The maximum Gasteiger partial charge on any atom is 0.325 e. The first-order valence-electron chi connectivity index (χ1n) is 33.6. The number of fused-ring (bicyclic) bond motifs is 2. The fourth-order valence-electron chi connectivity index (χ4n) is 12.0. The monoisotopic (exact) mass is 1400 g/mol. The summed E-state index contributed by atoms with van der Waals surface area (Å²) in [4.78, 5) is 175. The van der Waals surface area contributed by atoms with Crippen LogP contribution in [0.1, 0.15) is 109 Å². The highest BCUT2D eigenvalue weighted by atomic mass is 35.5. The summed E-state index contributed by atoms with van der Waals surface area (Å²) in [5.74, 6) is -10.8. The van der Waals surface area contributed by atoms with Gasteiger partial charge in [0.15, 0.2) is 5.96 Å². The Labute approximate surface area is 584 Å². The maximum absolute atomic E-state index is 15.0. The molecule has 0 aromatic heterocycles. The fourth-order valence-corrected chi connectivity index (χ4v) is 12.1. The van der Waals surface area contributed by atoms with Crippen molar-refractivity contribution in [2.75, 3.05) is 26.2 Å². The topological polar surface area (TPSA) is 433 Å². The molecule has 0 unspecified atom stereocenters. The smallest absolute Gasteiger partial charge is 0.325 e. The summed E-state index contributed by atoms with van der Waals surface area (Å²) in [5.41, 5.74) is 13.0. The van der Waals surface area contributed by atoms with E-state index in [0.29, 0.717) is 28.1 Å². The van der Waals surface area contributed by atoms with E-state index in [0.717, 1.165) is 21.5 Å². The lowest BCUT2D eigenvalue weighted by atomic mass is 9.98. The molecule has 2 aliphatic heterocycles. The van der Waals surface area contributed by atoms with Gasteiger partial charge in [-0.1, -0.05) is 123 Å². The van der Waals surface area contributed by atoms with Gasteiger partial charge in [0.25, 0.3) is 0 Å². The van der Waals surface area contributed by atoms with Crippen LogP contribution in [0.15, 0.2) is 114 Å². The van der Waals surface area contributed by atoms with Gasteiger partial charge in [-0.15, -0.1) is 0 Å². The van der Waals surface area contributed by atoms with Gasteiger partial charge in [-0.25, -0.2) is 0 Å². The number of aliphatic carboxylic acids is 1. The Morgan fingerprint density at radius 1 is 0.630 bits per heavy atom. The molecule has 16 N–H and O–H groups in total. The van der Waals surface area contributed by atoms with Gasteiger partial charge in [-0.05, 0) is 121 Å². The van der Waals surface area contributed by atoms with E-state index in [4.69, 9.17) is 23.1 Å². The highest BCUT2D eigenvalue weighted by Crippen LogP contribution is 2.23. The van der Waals surface area contributed by atoms with Gasteiger partial charge in [-0.2, -0.15) is 0 Å². The highest BCUT2D eigenvalue weighted by molar-refractivity contribution is 6.30. The number of aliphatic hydroxyl groups excluding tert-OH is 1. The van der Waals surface area contributed by atoms with E-state index in [1.165, 1.54) is 18.7 Å². The number of carboxylic acids is 1. The van der Waals surface area contributed by atoms with Crippen molar-refractivity contribution in [3.8, 4) is 0 Å². The summed E-state index contributed by atoms with van der Waals surface area (Å²) in [6.45, 7) is 5.08. The van der Waals surface area contributed by atoms with Crippen molar-refractivity contribution in [2.24, 2.45) is 22.4 Å². The molecular formula is C71H91ClN14O14. The molecule has 0 radical (unpaired) electrons. The van der Waals surface area contributed by atoms with Gasteiger partial charge in [0, 0.05) is 57.3 Å². The third-order valence-corrected chi connectivity index (χ3v) is 17.5. The number of nitrogens with one attached hydrogen (secondary N) is 10. The minimum absolute atomic E-state index is 0.000561. The van der Waals surface area contributed by atoms with Crippen LogP contribution in [0.5, 0.6) is 0 Å². The molecule has 2 heterocycles. The minimum Gasteiger partial charge on any atom is -0.480 e. The van der Waals surface area contributed by atoms with Crippen LogP contribution in [0.2, 0.25) is 5.02 Å². The second kappa shape index (κ2) is 37.7. The summed E-state index contributed by atoms with van der Waals surface area (Å²) in [7, 11) is 0. The quantitative estimate of drug-likeness (QED) is 0.0264. The third kappa shape index (κ3) is 23.5. The predicted octanol–water partition coefficient (Wildman–Crippen LogP) is 1.33. The number of carboxylic acid groups (broad SMARTS) is 1. The Morgan fingerprint density at radius 3 is 1.84 bits per heavy atom. The van der Waals surface area contributed by atoms with Crippen LogP contribution >= 0.6 is 11.6 Å². The Morgan fingerprint density at radius 2 is 1.20 bits per heavy atom. The normalized spacial score (nSPS) is 21.1.